The number of nitrogens with zero attached hydrogens (tertiary/aromatic N) is 4. The molecule has 0 bridgehead atoms. The number of rotatable bonds is 7. The van der Waals surface area contributed by atoms with Crippen molar-refractivity contribution in [1.29, 1.82) is 0 Å². The number of thioether (sulfide) groups is 1. The normalized spacial score (nSPS) is 10.9. The molecule has 0 fully saturated rings. The number of nitrogens with one attached hydrogen (secondary N) is 2. The molecule has 0 saturated heterocycles. The van der Waals surface area contributed by atoms with Crippen LogP contribution in [0.5, 0.6) is 0 Å². The van der Waals surface area contributed by atoms with Crippen molar-refractivity contribution in [3.8, 4) is 0 Å². The Balaban J connectivity index is 1.50. The van der Waals surface area contributed by atoms with Gasteiger partial charge < -0.3 is 9.73 Å². The van der Waals surface area contributed by atoms with Crippen LogP contribution in [0, 0.1) is 6.92 Å². The summed E-state index contributed by atoms with van der Waals surface area (Å²) in [4.78, 5) is 12.0. The fourth-order valence-electron chi connectivity index (χ4n) is 1.97. The van der Waals surface area contributed by atoms with Crippen molar-refractivity contribution in [2.45, 2.75) is 31.0 Å². The van der Waals surface area contributed by atoms with E-state index in [1.54, 1.807) is 0 Å². The van der Waals surface area contributed by atoms with Gasteiger partial charge in [0.2, 0.25) is 16.9 Å². The quantitative estimate of drug-likeness (QED) is 0.586. The molecule has 10 heteroatoms. The topological polar surface area (TPSA) is 106 Å². The second kappa shape index (κ2) is 8.28. The molecule has 2 heterocycles. The highest BCUT2D eigenvalue weighted by Crippen LogP contribution is 2.28. The van der Waals surface area contributed by atoms with Crippen LogP contribution < -0.4 is 10.6 Å². The highest BCUT2D eigenvalue weighted by Gasteiger charge is 2.13. The maximum atomic E-state index is 12.0. The van der Waals surface area contributed by atoms with Gasteiger partial charge in [-0.2, -0.15) is 0 Å². The van der Waals surface area contributed by atoms with Crippen molar-refractivity contribution in [1.82, 2.24) is 20.4 Å². The minimum atomic E-state index is -0.239. The van der Waals surface area contributed by atoms with Crippen molar-refractivity contribution >= 4 is 45.8 Å². The van der Waals surface area contributed by atoms with E-state index in [1.807, 2.05) is 45.0 Å². The first-order chi connectivity index (χ1) is 12.5. The molecule has 1 amide bonds. The van der Waals surface area contributed by atoms with E-state index in [0.29, 0.717) is 15.4 Å². The van der Waals surface area contributed by atoms with E-state index in [4.69, 9.17) is 4.42 Å². The number of carbonyl (C=O) groups is 1. The van der Waals surface area contributed by atoms with Crippen molar-refractivity contribution < 1.29 is 9.21 Å². The van der Waals surface area contributed by atoms with Crippen molar-refractivity contribution in [2.75, 3.05) is 16.4 Å². The van der Waals surface area contributed by atoms with Crippen LogP contribution in [0.4, 0.5) is 16.8 Å². The summed E-state index contributed by atoms with van der Waals surface area (Å²) < 4.78 is 6.05. The van der Waals surface area contributed by atoms with Crippen LogP contribution in [0.15, 0.2) is 33.0 Å². The predicted octanol–water partition coefficient (Wildman–Crippen LogP) is 3.83. The number of benzene rings is 1. The largest absolute Gasteiger partial charge is 0.408 e. The summed E-state index contributed by atoms with van der Waals surface area (Å²) in [6.45, 7) is 5.90. The number of aryl methyl sites for hydroxylation is 1. The highest BCUT2D eigenvalue weighted by molar-refractivity contribution is 8.01. The molecule has 3 aromatic rings. The highest BCUT2D eigenvalue weighted by atomic mass is 32.2. The van der Waals surface area contributed by atoms with E-state index in [-0.39, 0.29) is 23.6 Å². The zero-order valence-corrected chi connectivity index (χ0v) is 16.1. The number of aromatic nitrogens is 4. The molecular formula is C16H18N6O2S2. The fourth-order valence-corrected chi connectivity index (χ4v) is 3.54. The van der Waals surface area contributed by atoms with Crippen LogP contribution in [0.25, 0.3) is 0 Å². The van der Waals surface area contributed by atoms with Gasteiger partial charge in [-0.15, -0.1) is 15.3 Å². The molecule has 8 nitrogen and oxygen atoms in total. The molecule has 2 N–H and O–H groups in total. The van der Waals surface area contributed by atoms with Gasteiger partial charge in [-0.1, -0.05) is 54.2 Å². The van der Waals surface area contributed by atoms with Gasteiger partial charge in [0.1, 0.15) is 0 Å². The Morgan fingerprint density at radius 3 is 2.85 bits per heavy atom. The van der Waals surface area contributed by atoms with Gasteiger partial charge in [0.25, 0.3) is 0 Å². The Labute approximate surface area is 158 Å². The molecule has 26 heavy (non-hydrogen) atoms. The van der Waals surface area contributed by atoms with Crippen LogP contribution in [-0.4, -0.2) is 32.1 Å². The molecular weight excluding hydrogens is 372 g/mol. The molecule has 0 saturated carbocycles. The van der Waals surface area contributed by atoms with E-state index in [2.05, 4.69) is 31.0 Å². The van der Waals surface area contributed by atoms with Gasteiger partial charge in [0.05, 0.1) is 5.75 Å². The third-order valence-corrected chi connectivity index (χ3v) is 5.16. The molecule has 0 aliphatic rings. The Bertz CT molecular complexity index is 892. The molecule has 136 valence electrons. The summed E-state index contributed by atoms with van der Waals surface area (Å²) >= 11 is 2.69. The summed E-state index contributed by atoms with van der Waals surface area (Å²) in [5.41, 5.74) is 2.11. The maximum Gasteiger partial charge on any atom is 0.322 e. The summed E-state index contributed by atoms with van der Waals surface area (Å²) in [5.74, 6) is 0.544. The summed E-state index contributed by atoms with van der Waals surface area (Å²) in [6.07, 6.45) is 0. The molecule has 3 rings (SSSR count). The van der Waals surface area contributed by atoms with E-state index >= 15 is 0 Å². The van der Waals surface area contributed by atoms with E-state index in [1.165, 1.54) is 23.1 Å². The number of anilines is 3. The minimum Gasteiger partial charge on any atom is -0.408 e. The van der Waals surface area contributed by atoms with E-state index < -0.39 is 0 Å². The minimum absolute atomic E-state index is 0.110. The Morgan fingerprint density at radius 1 is 1.27 bits per heavy atom. The molecule has 0 radical (unpaired) electrons. The number of amides is 1. The lowest BCUT2D eigenvalue weighted by Gasteiger charge is -2.01. The lowest BCUT2D eigenvalue weighted by atomic mass is 10.2. The monoisotopic (exact) mass is 390 g/mol. The molecule has 0 spiro atoms. The van der Waals surface area contributed by atoms with Gasteiger partial charge >= 0.3 is 6.01 Å². The lowest BCUT2D eigenvalue weighted by Crippen LogP contribution is -2.14. The molecule has 0 aliphatic heterocycles. The first kappa shape index (κ1) is 18.3. The standard InChI is InChI=1S/C16H18N6O2S2/c1-9(2)13-19-20-14(24-13)18-12(23)8-25-16-22-21-15(26-16)17-11-6-4-5-10(3)7-11/h4-7,9H,8H2,1-3H3,(H,17,21)(H,18,20,23). The van der Waals surface area contributed by atoms with E-state index in [0.717, 1.165) is 11.3 Å². The second-order valence-corrected chi connectivity index (χ2v) is 8.00. The van der Waals surface area contributed by atoms with Crippen LogP contribution in [0.3, 0.4) is 0 Å². The zero-order chi connectivity index (χ0) is 18.5. The van der Waals surface area contributed by atoms with Gasteiger partial charge in [-0.3, -0.25) is 10.1 Å². The van der Waals surface area contributed by atoms with Crippen molar-refractivity contribution in [2.24, 2.45) is 0 Å². The Morgan fingerprint density at radius 2 is 2.12 bits per heavy atom. The van der Waals surface area contributed by atoms with Crippen LogP contribution in [0.2, 0.25) is 0 Å². The van der Waals surface area contributed by atoms with Crippen LogP contribution >= 0.6 is 23.1 Å². The summed E-state index contributed by atoms with van der Waals surface area (Å²) in [6, 6.07) is 8.10. The summed E-state index contributed by atoms with van der Waals surface area (Å²) in [5, 5.41) is 22.3. The molecule has 0 atom stereocenters. The average molecular weight is 390 g/mol. The van der Waals surface area contributed by atoms with Crippen molar-refractivity contribution in [3.63, 3.8) is 0 Å². The van der Waals surface area contributed by atoms with Crippen molar-refractivity contribution in [3.05, 3.63) is 35.7 Å². The lowest BCUT2D eigenvalue weighted by molar-refractivity contribution is -0.113. The summed E-state index contributed by atoms with van der Waals surface area (Å²) in [7, 11) is 0. The third-order valence-electron chi connectivity index (χ3n) is 3.18. The molecule has 0 unspecified atom stereocenters. The maximum absolute atomic E-state index is 12.0. The Kier molecular flexibility index (Phi) is 5.84. The van der Waals surface area contributed by atoms with E-state index in [9.17, 15) is 4.79 Å². The molecule has 0 aliphatic carbocycles. The molecule has 1 aromatic carbocycles. The third kappa shape index (κ3) is 5.02. The first-order valence-electron chi connectivity index (χ1n) is 7.93. The van der Waals surface area contributed by atoms with Crippen LogP contribution in [-0.2, 0) is 4.79 Å². The zero-order valence-electron chi connectivity index (χ0n) is 14.5. The number of carbonyl (C=O) groups excluding carboxylic acids is 1. The van der Waals surface area contributed by atoms with Gasteiger partial charge in [-0.25, -0.2) is 0 Å². The van der Waals surface area contributed by atoms with Gasteiger partial charge in [0.15, 0.2) is 4.34 Å². The van der Waals surface area contributed by atoms with Gasteiger partial charge in [-0.05, 0) is 24.6 Å². The molecule has 2 aromatic heterocycles. The average Bonchev–Trinajstić information content (AvgIpc) is 3.22. The number of hydrogen-bond acceptors (Lipinski definition) is 9. The Hall–Kier alpha value is -2.46. The first-order valence-corrected chi connectivity index (χ1v) is 9.73. The van der Waals surface area contributed by atoms with Crippen LogP contribution in [0.1, 0.15) is 31.2 Å². The fraction of sp³-hybridized carbons (Fsp3) is 0.312. The second-order valence-electron chi connectivity index (χ2n) is 5.80. The smallest absolute Gasteiger partial charge is 0.322 e. The number of hydrogen-bond donors (Lipinski definition) is 2. The predicted molar refractivity (Wildman–Crippen MR) is 102 cm³/mol. The van der Waals surface area contributed by atoms with Gasteiger partial charge in [0, 0.05) is 11.6 Å². The SMILES string of the molecule is Cc1cccc(Nc2nnc(SCC(=O)Nc3nnc(C(C)C)o3)s2)c1.